The molecule has 0 radical (unpaired) electrons. The van der Waals surface area contributed by atoms with Gasteiger partial charge in [0.05, 0.1) is 12.0 Å². The van der Waals surface area contributed by atoms with Crippen molar-refractivity contribution in [3.05, 3.63) is 23.7 Å². The van der Waals surface area contributed by atoms with Crippen LogP contribution in [0.15, 0.2) is 12.1 Å². The summed E-state index contributed by atoms with van der Waals surface area (Å²) in [4.78, 5) is 20.5. The Kier molecular flexibility index (Phi) is 5.17. The molecule has 0 bridgehead atoms. The third-order valence-corrected chi connectivity index (χ3v) is 3.38. The van der Waals surface area contributed by atoms with Crippen LogP contribution in [0.3, 0.4) is 0 Å². The highest BCUT2D eigenvalue weighted by Gasteiger charge is 2.16. The number of carbonyl (C=O) groups excluding carboxylic acids is 1. The van der Waals surface area contributed by atoms with Gasteiger partial charge in [-0.05, 0) is 39.3 Å². The zero-order chi connectivity index (χ0) is 15.4. The van der Waals surface area contributed by atoms with Gasteiger partial charge in [-0.25, -0.2) is 9.97 Å². The molecule has 0 aliphatic heterocycles. The van der Waals surface area contributed by atoms with Crippen molar-refractivity contribution in [3.8, 4) is 0 Å². The lowest BCUT2D eigenvalue weighted by molar-refractivity contribution is -0.143. The van der Waals surface area contributed by atoms with Gasteiger partial charge >= 0.3 is 5.97 Å². The second-order valence-electron chi connectivity index (χ2n) is 4.94. The highest BCUT2D eigenvalue weighted by atomic mass is 35.5. The van der Waals surface area contributed by atoms with Gasteiger partial charge in [-0.1, -0.05) is 0 Å². The van der Waals surface area contributed by atoms with Gasteiger partial charge in [0.15, 0.2) is 5.65 Å². The average Bonchev–Trinajstić information content (AvgIpc) is 2.78. The van der Waals surface area contributed by atoms with E-state index in [4.69, 9.17) is 16.3 Å². The van der Waals surface area contributed by atoms with Gasteiger partial charge in [0, 0.05) is 18.7 Å². The normalized spacial score (nSPS) is 12.6. The monoisotopic (exact) mass is 309 g/mol. The van der Waals surface area contributed by atoms with Crippen molar-refractivity contribution in [2.75, 3.05) is 6.61 Å². The fourth-order valence-corrected chi connectivity index (χ4v) is 2.42. The van der Waals surface area contributed by atoms with Gasteiger partial charge in [-0.15, -0.1) is 11.6 Å². The minimum atomic E-state index is -0.206. The standard InChI is InChI=1S/C15H20ClN3O2/c1-4-21-13(20)6-5-9-19-14(11(3)16)18-12-8-7-10(2)17-15(12)19/h7-8,11H,4-6,9H2,1-3H3. The molecule has 5 nitrogen and oxygen atoms in total. The number of nitrogens with zero attached hydrogens (tertiary/aromatic N) is 3. The Morgan fingerprint density at radius 3 is 2.86 bits per heavy atom. The van der Waals surface area contributed by atoms with E-state index in [1.54, 1.807) is 6.92 Å². The van der Waals surface area contributed by atoms with Crippen molar-refractivity contribution in [1.29, 1.82) is 0 Å². The number of aryl methyl sites for hydroxylation is 2. The van der Waals surface area contributed by atoms with Crippen LogP contribution in [0.25, 0.3) is 11.2 Å². The van der Waals surface area contributed by atoms with E-state index in [1.807, 2.05) is 30.5 Å². The Hall–Kier alpha value is -1.62. The number of pyridine rings is 1. The highest BCUT2D eigenvalue weighted by molar-refractivity contribution is 6.20. The Bertz CT molecular complexity index is 637. The number of ether oxygens (including phenoxy) is 1. The second kappa shape index (κ2) is 6.89. The van der Waals surface area contributed by atoms with Gasteiger partial charge in [-0.2, -0.15) is 0 Å². The van der Waals surface area contributed by atoms with Gasteiger partial charge < -0.3 is 9.30 Å². The maximum absolute atomic E-state index is 11.4. The van der Waals surface area contributed by atoms with E-state index in [0.29, 0.717) is 26.0 Å². The maximum Gasteiger partial charge on any atom is 0.305 e. The maximum atomic E-state index is 11.4. The van der Waals surface area contributed by atoms with Crippen molar-refractivity contribution in [2.24, 2.45) is 0 Å². The summed E-state index contributed by atoms with van der Waals surface area (Å²) in [6.07, 6.45) is 1.06. The van der Waals surface area contributed by atoms with Crippen LogP contribution in [0.4, 0.5) is 0 Å². The third-order valence-electron chi connectivity index (χ3n) is 3.18. The molecule has 0 saturated heterocycles. The molecule has 0 spiro atoms. The summed E-state index contributed by atoms with van der Waals surface area (Å²) in [5.74, 6) is 0.611. The predicted octanol–water partition coefficient (Wildman–Crippen LogP) is 3.38. The van der Waals surface area contributed by atoms with E-state index in [9.17, 15) is 4.79 Å². The smallest absolute Gasteiger partial charge is 0.305 e. The van der Waals surface area contributed by atoms with Crippen molar-refractivity contribution in [3.63, 3.8) is 0 Å². The van der Waals surface area contributed by atoms with Crippen LogP contribution in [0.2, 0.25) is 0 Å². The van der Waals surface area contributed by atoms with E-state index < -0.39 is 0 Å². The van der Waals surface area contributed by atoms with Crippen molar-refractivity contribution >= 4 is 28.7 Å². The SMILES string of the molecule is CCOC(=O)CCCn1c(C(C)Cl)nc2ccc(C)nc21. The molecule has 0 fully saturated rings. The summed E-state index contributed by atoms with van der Waals surface area (Å²) in [5.41, 5.74) is 2.59. The first-order valence-electron chi connectivity index (χ1n) is 7.16. The molecular formula is C15H20ClN3O2. The Labute approximate surface area is 129 Å². The first-order chi connectivity index (χ1) is 10.0. The molecule has 1 atom stereocenters. The Balaban J connectivity index is 2.22. The summed E-state index contributed by atoms with van der Waals surface area (Å²) in [5, 5.41) is -0.206. The van der Waals surface area contributed by atoms with E-state index in [2.05, 4.69) is 9.97 Å². The molecule has 2 aromatic rings. The quantitative estimate of drug-likeness (QED) is 0.606. The van der Waals surface area contributed by atoms with Crippen molar-refractivity contribution < 1.29 is 9.53 Å². The lowest BCUT2D eigenvalue weighted by Crippen LogP contribution is -2.09. The molecule has 6 heteroatoms. The lowest BCUT2D eigenvalue weighted by atomic mass is 10.3. The first kappa shape index (κ1) is 15.8. The van der Waals surface area contributed by atoms with Crippen LogP contribution in [-0.2, 0) is 16.1 Å². The van der Waals surface area contributed by atoms with Gasteiger partial charge in [0.2, 0.25) is 0 Å². The number of imidazole rings is 1. The number of hydrogen-bond donors (Lipinski definition) is 0. The molecule has 114 valence electrons. The molecule has 21 heavy (non-hydrogen) atoms. The molecule has 2 rings (SSSR count). The topological polar surface area (TPSA) is 57.0 Å². The van der Waals surface area contributed by atoms with Crippen LogP contribution in [-0.4, -0.2) is 27.1 Å². The third kappa shape index (κ3) is 3.73. The zero-order valence-corrected chi connectivity index (χ0v) is 13.4. The summed E-state index contributed by atoms with van der Waals surface area (Å²) in [7, 11) is 0. The number of halogens is 1. The van der Waals surface area contributed by atoms with E-state index in [0.717, 1.165) is 22.7 Å². The van der Waals surface area contributed by atoms with Crippen LogP contribution in [0, 0.1) is 6.92 Å². The van der Waals surface area contributed by atoms with Crippen LogP contribution in [0.5, 0.6) is 0 Å². The van der Waals surface area contributed by atoms with Gasteiger partial charge in [0.1, 0.15) is 11.3 Å². The zero-order valence-electron chi connectivity index (χ0n) is 12.6. The summed E-state index contributed by atoms with van der Waals surface area (Å²) in [6.45, 7) is 6.70. The van der Waals surface area contributed by atoms with E-state index >= 15 is 0 Å². The number of rotatable bonds is 6. The minimum absolute atomic E-state index is 0.175. The van der Waals surface area contributed by atoms with E-state index in [1.165, 1.54) is 0 Å². The summed E-state index contributed by atoms with van der Waals surface area (Å²) < 4.78 is 6.94. The molecular weight excluding hydrogens is 290 g/mol. The molecule has 2 heterocycles. The number of fused-ring (bicyclic) bond motifs is 1. The molecule has 0 amide bonds. The molecule has 2 aromatic heterocycles. The Morgan fingerprint density at radius 2 is 2.19 bits per heavy atom. The molecule has 0 aromatic carbocycles. The number of alkyl halides is 1. The molecule has 0 N–H and O–H groups in total. The fraction of sp³-hybridized carbons (Fsp3) is 0.533. The Morgan fingerprint density at radius 1 is 1.43 bits per heavy atom. The number of carbonyl (C=O) groups is 1. The largest absolute Gasteiger partial charge is 0.466 e. The van der Waals surface area contributed by atoms with Crippen molar-refractivity contribution in [2.45, 2.75) is 45.5 Å². The van der Waals surface area contributed by atoms with Crippen LogP contribution in [0.1, 0.15) is 43.6 Å². The minimum Gasteiger partial charge on any atom is -0.466 e. The number of esters is 1. The first-order valence-corrected chi connectivity index (χ1v) is 7.60. The van der Waals surface area contributed by atoms with E-state index in [-0.39, 0.29) is 11.3 Å². The molecule has 0 aliphatic carbocycles. The van der Waals surface area contributed by atoms with Crippen LogP contribution >= 0.6 is 11.6 Å². The predicted molar refractivity (Wildman–Crippen MR) is 82.4 cm³/mol. The summed E-state index contributed by atoms with van der Waals surface area (Å²) in [6, 6.07) is 3.88. The second-order valence-corrected chi connectivity index (χ2v) is 5.60. The molecule has 1 unspecified atom stereocenters. The number of hydrogen-bond acceptors (Lipinski definition) is 4. The fourth-order valence-electron chi connectivity index (χ4n) is 2.25. The van der Waals surface area contributed by atoms with Crippen molar-refractivity contribution in [1.82, 2.24) is 14.5 Å². The highest BCUT2D eigenvalue weighted by Crippen LogP contribution is 2.24. The molecule has 0 aliphatic rings. The average molecular weight is 310 g/mol. The lowest BCUT2D eigenvalue weighted by Gasteiger charge is -2.09. The van der Waals surface area contributed by atoms with Gasteiger partial charge in [0.25, 0.3) is 0 Å². The molecule has 0 saturated carbocycles. The van der Waals surface area contributed by atoms with Crippen LogP contribution < -0.4 is 0 Å². The number of aromatic nitrogens is 3. The summed E-state index contributed by atoms with van der Waals surface area (Å²) >= 11 is 6.21. The van der Waals surface area contributed by atoms with Gasteiger partial charge in [-0.3, -0.25) is 4.79 Å².